The van der Waals surface area contributed by atoms with Crippen molar-refractivity contribution in [2.45, 2.75) is 26.7 Å². The molecule has 3 aromatic carbocycles. The van der Waals surface area contributed by atoms with Crippen LogP contribution in [-0.4, -0.2) is 17.8 Å². The van der Waals surface area contributed by atoms with E-state index in [0.717, 1.165) is 16.0 Å². The van der Waals surface area contributed by atoms with Gasteiger partial charge < -0.3 is 10.1 Å². The zero-order valence-corrected chi connectivity index (χ0v) is 19.7. The van der Waals surface area contributed by atoms with Crippen molar-refractivity contribution >= 4 is 40.8 Å². The normalized spacial score (nSPS) is 13.6. The van der Waals surface area contributed by atoms with Gasteiger partial charge >= 0.3 is 5.97 Å². The van der Waals surface area contributed by atoms with Crippen LogP contribution in [0.4, 0.5) is 11.4 Å². The van der Waals surface area contributed by atoms with Crippen molar-refractivity contribution in [1.29, 1.82) is 0 Å². The van der Waals surface area contributed by atoms with E-state index in [0.29, 0.717) is 28.6 Å². The van der Waals surface area contributed by atoms with Crippen LogP contribution >= 0.6 is 11.6 Å². The molecule has 7 heteroatoms. The number of carbonyl (C=O) groups excluding carboxylic acids is 3. The van der Waals surface area contributed by atoms with Crippen LogP contribution in [0.25, 0.3) is 0 Å². The second kappa shape index (κ2) is 9.53. The van der Waals surface area contributed by atoms with Crippen LogP contribution in [0, 0.1) is 6.92 Å². The molecule has 0 fully saturated rings. The molecule has 0 aromatic heterocycles. The highest BCUT2D eigenvalue weighted by atomic mass is 35.5. The SMILES string of the molecule is Cc1ccccc1N1C(=O)C(Cl)=C(Nc2ccc(C(=O)Oc3cccc(C(C)C)c3)cc2)C1=O. The molecule has 0 spiro atoms. The summed E-state index contributed by atoms with van der Waals surface area (Å²) < 4.78 is 5.49. The third kappa shape index (κ3) is 4.58. The lowest BCUT2D eigenvalue weighted by atomic mass is 10.0. The first kappa shape index (κ1) is 23.3. The van der Waals surface area contributed by atoms with Gasteiger partial charge in [0.25, 0.3) is 11.8 Å². The lowest BCUT2D eigenvalue weighted by Crippen LogP contribution is -2.32. The summed E-state index contributed by atoms with van der Waals surface area (Å²) in [6, 6.07) is 20.9. The highest BCUT2D eigenvalue weighted by Gasteiger charge is 2.39. The van der Waals surface area contributed by atoms with Gasteiger partial charge in [-0.1, -0.05) is 55.8 Å². The minimum absolute atomic E-state index is 0.0178. The maximum Gasteiger partial charge on any atom is 0.343 e. The fourth-order valence-electron chi connectivity index (χ4n) is 3.58. The number of nitrogens with zero attached hydrogens (tertiary/aromatic N) is 1. The summed E-state index contributed by atoms with van der Waals surface area (Å²) in [6.45, 7) is 5.95. The lowest BCUT2D eigenvalue weighted by molar-refractivity contribution is -0.120. The van der Waals surface area contributed by atoms with Crippen molar-refractivity contribution in [3.05, 3.63) is 100 Å². The second-order valence-electron chi connectivity index (χ2n) is 8.24. The number of rotatable bonds is 6. The Kier molecular flexibility index (Phi) is 6.52. The fraction of sp³-hybridized carbons (Fsp3) is 0.148. The van der Waals surface area contributed by atoms with Gasteiger partial charge in [-0.05, 0) is 66.4 Å². The van der Waals surface area contributed by atoms with E-state index in [1.807, 2.05) is 37.3 Å². The monoisotopic (exact) mass is 474 g/mol. The summed E-state index contributed by atoms with van der Waals surface area (Å²) in [5.74, 6) is -0.841. The number of halogens is 1. The van der Waals surface area contributed by atoms with Crippen molar-refractivity contribution in [3.63, 3.8) is 0 Å². The number of aryl methyl sites for hydroxylation is 1. The number of esters is 1. The van der Waals surface area contributed by atoms with E-state index in [1.54, 1.807) is 42.5 Å². The molecule has 0 unspecified atom stereocenters. The maximum atomic E-state index is 13.0. The van der Waals surface area contributed by atoms with Gasteiger partial charge in [-0.3, -0.25) is 9.59 Å². The van der Waals surface area contributed by atoms with Crippen LogP contribution in [0.1, 0.15) is 41.3 Å². The molecule has 3 aromatic rings. The summed E-state index contributed by atoms with van der Waals surface area (Å²) >= 11 is 6.21. The molecule has 1 aliphatic rings. The third-order valence-corrected chi connectivity index (χ3v) is 5.86. The van der Waals surface area contributed by atoms with Gasteiger partial charge in [0, 0.05) is 5.69 Å². The zero-order chi connectivity index (χ0) is 24.4. The summed E-state index contributed by atoms with van der Waals surface area (Å²) in [5.41, 5.74) is 3.15. The molecule has 172 valence electrons. The Morgan fingerprint density at radius 2 is 1.65 bits per heavy atom. The van der Waals surface area contributed by atoms with E-state index in [9.17, 15) is 14.4 Å². The molecule has 2 amide bonds. The second-order valence-corrected chi connectivity index (χ2v) is 8.62. The summed E-state index contributed by atoms with van der Waals surface area (Å²) in [5, 5.41) is 2.72. The van der Waals surface area contributed by atoms with Crippen LogP contribution in [0.2, 0.25) is 0 Å². The van der Waals surface area contributed by atoms with Gasteiger partial charge in [-0.2, -0.15) is 0 Å². The Balaban J connectivity index is 1.48. The molecule has 6 nitrogen and oxygen atoms in total. The van der Waals surface area contributed by atoms with Gasteiger partial charge in [0.2, 0.25) is 0 Å². The molecule has 1 aliphatic heterocycles. The molecular formula is C27H23ClN2O4. The molecule has 1 N–H and O–H groups in total. The number of hydrogen-bond acceptors (Lipinski definition) is 5. The Labute approximate surface area is 202 Å². The molecule has 1 heterocycles. The standard InChI is InChI=1S/C27H23ClN2O4/c1-16(2)19-8-6-9-21(15-19)34-27(33)18-11-13-20(14-12-18)29-24-23(28)25(31)30(26(24)32)22-10-5-4-7-17(22)3/h4-16,29H,1-3H3. The molecular weight excluding hydrogens is 452 g/mol. The molecule has 0 radical (unpaired) electrons. The number of ether oxygens (including phenoxy) is 1. The Morgan fingerprint density at radius 3 is 2.32 bits per heavy atom. The van der Waals surface area contributed by atoms with E-state index < -0.39 is 17.8 Å². The number of amides is 2. The Morgan fingerprint density at radius 1 is 0.941 bits per heavy atom. The van der Waals surface area contributed by atoms with Crippen LogP contribution < -0.4 is 15.0 Å². The molecule has 34 heavy (non-hydrogen) atoms. The lowest BCUT2D eigenvalue weighted by Gasteiger charge is -2.17. The highest BCUT2D eigenvalue weighted by molar-refractivity contribution is 6.53. The van der Waals surface area contributed by atoms with Gasteiger partial charge in [-0.25, -0.2) is 9.69 Å². The van der Waals surface area contributed by atoms with Crippen LogP contribution in [0.15, 0.2) is 83.5 Å². The van der Waals surface area contributed by atoms with Gasteiger partial charge in [0.05, 0.1) is 11.3 Å². The largest absolute Gasteiger partial charge is 0.423 e. The van der Waals surface area contributed by atoms with Crippen LogP contribution in [0.3, 0.4) is 0 Å². The number of para-hydroxylation sites is 1. The molecule has 0 bridgehead atoms. The first-order valence-electron chi connectivity index (χ1n) is 10.8. The van der Waals surface area contributed by atoms with E-state index in [4.69, 9.17) is 16.3 Å². The molecule has 0 saturated carbocycles. The average Bonchev–Trinajstić information content (AvgIpc) is 3.03. The number of carbonyl (C=O) groups is 3. The van der Waals surface area contributed by atoms with Crippen molar-refractivity contribution in [3.8, 4) is 5.75 Å². The summed E-state index contributed by atoms with van der Waals surface area (Å²) in [4.78, 5) is 39.2. The van der Waals surface area contributed by atoms with E-state index in [2.05, 4.69) is 19.2 Å². The Hall–Kier alpha value is -3.90. The maximum absolute atomic E-state index is 13.0. The number of benzene rings is 3. The minimum Gasteiger partial charge on any atom is -0.423 e. The molecule has 0 saturated heterocycles. The number of anilines is 2. The predicted octanol–water partition coefficient (Wildman–Crippen LogP) is 5.77. The van der Waals surface area contributed by atoms with Crippen molar-refractivity contribution in [2.24, 2.45) is 0 Å². The minimum atomic E-state index is -0.590. The van der Waals surface area contributed by atoms with E-state index in [1.165, 1.54) is 0 Å². The number of imide groups is 1. The predicted molar refractivity (Wildman–Crippen MR) is 132 cm³/mol. The number of hydrogen-bond donors (Lipinski definition) is 1. The van der Waals surface area contributed by atoms with Crippen LogP contribution in [-0.2, 0) is 9.59 Å². The first-order chi connectivity index (χ1) is 16.3. The third-order valence-electron chi connectivity index (χ3n) is 5.51. The first-order valence-corrected chi connectivity index (χ1v) is 11.2. The average molecular weight is 475 g/mol. The molecule has 0 atom stereocenters. The van der Waals surface area contributed by atoms with Crippen molar-refractivity contribution < 1.29 is 19.1 Å². The summed E-state index contributed by atoms with van der Waals surface area (Å²) in [6.07, 6.45) is 0. The van der Waals surface area contributed by atoms with Gasteiger partial charge in [-0.15, -0.1) is 0 Å². The fourth-order valence-corrected chi connectivity index (χ4v) is 3.79. The van der Waals surface area contributed by atoms with E-state index >= 15 is 0 Å². The zero-order valence-electron chi connectivity index (χ0n) is 19.0. The smallest absolute Gasteiger partial charge is 0.343 e. The van der Waals surface area contributed by atoms with Gasteiger partial charge in [0.1, 0.15) is 16.5 Å². The van der Waals surface area contributed by atoms with Crippen LogP contribution in [0.5, 0.6) is 5.75 Å². The highest BCUT2D eigenvalue weighted by Crippen LogP contribution is 2.32. The number of nitrogens with one attached hydrogen (secondary N) is 1. The Bertz CT molecular complexity index is 1310. The topological polar surface area (TPSA) is 75.7 Å². The molecule has 4 rings (SSSR count). The van der Waals surface area contributed by atoms with E-state index in [-0.39, 0.29) is 10.7 Å². The summed E-state index contributed by atoms with van der Waals surface area (Å²) in [7, 11) is 0. The van der Waals surface area contributed by atoms with Gasteiger partial charge in [0.15, 0.2) is 0 Å². The van der Waals surface area contributed by atoms with Crippen molar-refractivity contribution in [1.82, 2.24) is 0 Å². The molecule has 0 aliphatic carbocycles. The quantitative estimate of drug-likeness (QED) is 0.278. The van der Waals surface area contributed by atoms with Crippen molar-refractivity contribution in [2.75, 3.05) is 10.2 Å².